The summed E-state index contributed by atoms with van der Waals surface area (Å²) >= 11 is 8.48. The van der Waals surface area contributed by atoms with Crippen LogP contribution < -0.4 is 14.8 Å². The number of aromatic nitrogens is 2. The van der Waals surface area contributed by atoms with Crippen molar-refractivity contribution in [2.75, 3.05) is 18.2 Å². The Hall–Kier alpha value is -2.17. The first kappa shape index (κ1) is 19.6. The smallest absolute Gasteiger partial charge is 0.387 e. The lowest BCUT2D eigenvalue weighted by Crippen LogP contribution is -2.14. The summed E-state index contributed by atoms with van der Waals surface area (Å²) in [6, 6.07) is 7.56. The minimum absolute atomic E-state index is 0.0213. The number of methoxy groups -OCH3 is 1. The molecule has 3 rings (SSSR count). The third-order valence-electron chi connectivity index (χ3n) is 3.18. The summed E-state index contributed by atoms with van der Waals surface area (Å²) in [5.74, 6) is 0.167. The van der Waals surface area contributed by atoms with Crippen LogP contribution in [0.15, 0.2) is 34.7 Å². The molecule has 142 valence electrons. The summed E-state index contributed by atoms with van der Waals surface area (Å²) in [6.45, 7) is -2.97. The molecule has 1 aromatic carbocycles. The van der Waals surface area contributed by atoms with E-state index in [1.54, 1.807) is 12.1 Å². The van der Waals surface area contributed by atoms with Crippen molar-refractivity contribution >= 4 is 56.6 Å². The third-order valence-corrected chi connectivity index (χ3v) is 5.58. The summed E-state index contributed by atoms with van der Waals surface area (Å²) in [5.41, 5.74) is 1.10. The van der Waals surface area contributed by atoms with Crippen molar-refractivity contribution in [2.45, 2.75) is 11.0 Å². The van der Waals surface area contributed by atoms with Crippen molar-refractivity contribution in [3.8, 4) is 11.6 Å². The van der Waals surface area contributed by atoms with Gasteiger partial charge in [0, 0.05) is 11.8 Å². The molecular weight excluding hydrogens is 420 g/mol. The number of benzene rings is 1. The second-order valence-electron chi connectivity index (χ2n) is 5.02. The highest BCUT2D eigenvalue weighted by atomic mass is 35.5. The number of anilines is 1. The Labute approximate surface area is 165 Å². The van der Waals surface area contributed by atoms with Gasteiger partial charge in [-0.1, -0.05) is 34.7 Å². The molecule has 0 saturated heterocycles. The number of thiazole rings is 1. The van der Waals surface area contributed by atoms with E-state index in [1.807, 2.05) is 0 Å². The van der Waals surface area contributed by atoms with E-state index in [-0.39, 0.29) is 22.4 Å². The minimum Gasteiger partial charge on any atom is -0.481 e. The first-order valence-corrected chi connectivity index (χ1v) is 9.61. The molecule has 2 heterocycles. The van der Waals surface area contributed by atoms with E-state index in [2.05, 4.69) is 20.0 Å². The number of carbonyl (C=O) groups excluding carboxylic acids is 1. The molecule has 0 aliphatic rings. The zero-order valence-corrected chi connectivity index (χ0v) is 16.1. The maximum absolute atomic E-state index is 12.2. The van der Waals surface area contributed by atoms with Crippen molar-refractivity contribution in [1.82, 2.24) is 9.97 Å². The van der Waals surface area contributed by atoms with Crippen LogP contribution in [0.4, 0.5) is 14.5 Å². The molecule has 3 aromatic rings. The fourth-order valence-electron chi connectivity index (χ4n) is 2.05. The Kier molecular flexibility index (Phi) is 6.30. The summed E-state index contributed by atoms with van der Waals surface area (Å²) in [7, 11) is 1.54. The number of nitrogens with one attached hydrogen (secondary N) is 1. The quantitative estimate of drug-likeness (QED) is 0.547. The van der Waals surface area contributed by atoms with E-state index in [0.717, 1.165) is 10.3 Å². The van der Waals surface area contributed by atoms with Crippen LogP contribution in [0.25, 0.3) is 10.3 Å². The van der Waals surface area contributed by atoms with Crippen LogP contribution >= 0.6 is 34.7 Å². The van der Waals surface area contributed by atoms with Gasteiger partial charge in [0.15, 0.2) is 4.34 Å². The van der Waals surface area contributed by atoms with Crippen LogP contribution in [0, 0.1) is 0 Å². The molecule has 0 aliphatic carbocycles. The first-order valence-electron chi connectivity index (χ1n) is 7.43. The Balaban J connectivity index is 1.59. The van der Waals surface area contributed by atoms with Crippen molar-refractivity contribution in [1.29, 1.82) is 0 Å². The summed E-state index contributed by atoms with van der Waals surface area (Å²) in [4.78, 5) is 21.5. The van der Waals surface area contributed by atoms with Crippen molar-refractivity contribution in [3.63, 3.8) is 0 Å². The number of thioether (sulfide) groups is 1. The van der Waals surface area contributed by atoms with Crippen molar-refractivity contribution in [2.24, 2.45) is 0 Å². The van der Waals surface area contributed by atoms with Gasteiger partial charge in [0.25, 0.3) is 0 Å². The monoisotopic (exact) mass is 431 g/mol. The molecule has 27 heavy (non-hydrogen) atoms. The lowest BCUT2D eigenvalue weighted by atomic mass is 10.3. The average molecular weight is 432 g/mol. The van der Waals surface area contributed by atoms with Gasteiger partial charge >= 0.3 is 6.61 Å². The first-order chi connectivity index (χ1) is 12.9. The molecule has 0 spiro atoms. The lowest BCUT2D eigenvalue weighted by Gasteiger charge is -2.09. The lowest BCUT2D eigenvalue weighted by molar-refractivity contribution is -0.113. The van der Waals surface area contributed by atoms with Gasteiger partial charge in [-0.05, 0) is 24.3 Å². The number of pyridine rings is 1. The SMILES string of the molecule is COc1ccc2nc(SCC(=O)Nc3ccc(OC(F)F)c(Cl)c3)sc2n1. The molecule has 0 fully saturated rings. The van der Waals surface area contributed by atoms with Gasteiger partial charge in [-0.3, -0.25) is 4.79 Å². The molecule has 0 radical (unpaired) electrons. The topological polar surface area (TPSA) is 73.3 Å². The predicted octanol–water partition coefficient (Wildman–Crippen LogP) is 4.69. The number of carbonyl (C=O) groups is 1. The maximum atomic E-state index is 12.2. The van der Waals surface area contributed by atoms with Crippen LogP contribution in [0.5, 0.6) is 11.6 Å². The molecule has 0 atom stereocenters. The number of nitrogens with zero attached hydrogens (tertiary/aromatic N) is 2. The van der Waals surface area contributed by atoms with Crippen LogP contribution in [-0.2, 0) is 4.79 Å². The van der Waals surface area contributed by atoms with Crippen LogP contribution in [-0.4, -0.2) is 35.3 Å². The van der Waals surface area contributed by atoms with Gasteiger partial charge in [0.2, 0.25) is 11.8 Å². The standard InChI is InChI=1S/C16H12ClF2N3O3S2/c1-24-13-5-3-10-14(22-13)27-16(21-10)26-7-12(23)20-8-2-4-11(9(17)6-8)25-15(18)19/h2-6,15H,7H2,1H3,(H,20,23). The second kappa shape index (κ2) is 8.68. The van der Waals surface area contributed by atoms with Gasteiger partial charge in [0.05, 0.1) is 17.9 Å². The van der Waals surface area contributed by atoms with E-state index in [1.165, 1.54) is 48.4 Å². The minimum atomic E-state index is -2.97. The molecule has 2 aromatic heterocycles. The van der Waals surface area contributed by atoms with Gasteiger partial charge in [-0.2, -0.15) is 8.78 Å². The molecule has 0 bridgehead atoms. The average Bonchev–Trinajstić information content (AvgIpc) is 3.04. The Morgan fingerprint density at radius 3 is 2.85 bits per heavy atom. The summed E-state index contributed by atoms with van der Waals surface area (Å²) < 4.78 is 34.5. The zero-order chi connectivity index (χ0) is 19.4. The van der Waals surface area contributed by atoms with E-state index in [0.29, 0.717) is 15.9 Å². The Morgan fingerprint density at radius 2 is 2.15 bits per heavy atom. The summed E-state index contributed by atoms with van der Waals surface area (Å²) in [5, 5.41) is 2.62. The maximum Gasteiger partial charge on any atom is 0.387 e. The highest BCUT2D eigenvalue weighted by molar-refractivity contribution is 8.01. The number of alkyl halides is 2. The Morgan fingerprint density at radius 1 is 1.33 bits per heavy atom. The fourth-order valence-corrected chi connectivity index (χ4v) is 4.08. The van der Waals surface area contributed by atoms with Crippen LogP contribution in [0.1, 0.15) is 0 Å². The highest BCUT2D eigenvalue weighted by Crippen LogP contribution is 2.31. The van der Waals surface area contributed by atoms with Crippen LogP contribution in [0.2, 0.25) is 5.02 Å². The number of halogens is 3. The van der Waals surface area contributed by atoms with E-state index < -0.39 is 6.61 Å². The molecule has 1 N–H and O–H groups in total. The van der Waals surface area contributed by atoms with Gasteiger partial charge in [-0.15, -0.1) is 0 Å². The second-order valence-corrected chi connectivity index (χ2v) is 7.63. The number of ether oxygens (including phenoxy) is 2. The number of hydrogen-bond acceptors (Lipinski definition) is 7. The number of fused-ring (bicyclic) bond motifs is 1. The molecule has 11 heteroatoms. The zero-order valence-electron chi connectivity index (χ0n) is 13.7. The molecule has 0 unspecified atom stereocenters. The summed E-state index contributed by atoms with van der Waals surface area (Å²) in [6.07, 6.45) is 0. The normalized spacial score (nSPS) is 11.0. The van der Waals surface area contributed by atoms with E-state index in [9.17, 15) is 13.6 Å². The van der Waals surface area contributed by atoms with Gasteiger partial charge in [-0.25, -0.2) is 9.97 Å². The van der Waals surface area contributed by atoms with Crippen LogP contribution in [0.3, 0.4) is 0 Å². The third kappa shape index (κ3) is 5.18. The number of hydrogen-bond donors (Lipinski definition) is 1. The molecular formula is C16H12ClF2N3O3S2. The largest absolute Gasteiger partial charge is 0.481 e. The van der Waals surface area contributed by atoms with Gasteiger partial charge < -0.3 is 14.8 Å². The van der Waals surface area contributed by atoms with Crippen molar-refractivity contribution < 1.29 is 23.0 Å². The van der Waals surface area contributed by atoms with Crippen molar-refractivity contribution in [3.05, 3.63) is 35.4 Å². The van der Waals surface area contributed by atoms with E-state index >= 15 is 0 Å². The molecule has 0 aliphatic heterocycles. The highest BCUT2D eigenvalue weighted by Gasteiger charge is 2.12. The van der Waals surface area contributed by atoms with E-state index in [4.69, 9.17) is 16.3 Å². The molecule has 6 nitrogen and oxygen atoms in total. The number of rotatable bonds is 7. The predicted molar refractivity (Wildman–Crippen MR) is 101 cm³/mol. The molecule has 1 amide bonds. The Bertz CT molecular complexity index is 971. The number of amides is 1. The fraction of sp³-hybridized carbons (Fsp3) is 0.188. The van der Waals surface area contributed by atoms with Gasteiger partial charge in [0.1, 0.15) is 16.1 Å². The molecule has 0 saturated carbocycles.